The molecule has 3 aromatic rings. The number of amides is 1. The third kappa shape index (κ3) is 4.94. The summed E-state index contributed by atoms with van der Waals surface area (Å²) in [5.41, 5.74) is 3.39. The fourth-order valence-corrected chi connectivity index (χ4v) is 3.20. The molecule has 1 amide bonds. The molecule has 0 fully saturated rings. The summed E-state index contributed by atoms with van der Waals surface area (Å²) in [4.78, 5) is 12.4. The summed E-state index contributed by atoms with van der Waals surface area (Å²) in [6.07, 6.45) is 0.233. The lowest BCUT2D eigenvalue weighted by atomic mass is 9.92. The summed E-state index contributed by atoms with van der Waals surface area (Å²) in [7, 11) is 0. The zero-order chi connectivity index (χ0) is 20.3. The van der Waals surface area contributed by atoms with Gasteiger partial charge < -0.3 is 5.32 Å². The van der Waals surface area contributed by atoms with Crippen LogP contribution in [0.1, 0.15) is 37.7 Å². The van der Waals surface area contributed by atoms with Crippen LogP contribution in [-0.2, 0) is 23.2 Å². The molecule has 0 aliphatic rings. The molecule has 1 heterocycles. The third-order valence-corrected chi connectivity index (χ3v) is 4.98. The zero-order valence-corrected chi connectivity index (χ0v) is 17.7. The van der Waals surface area contributed by atoms with Gasteiger partial charge in [-0.1, -0.05) is 68.2 Å². The summed E-state index contributed by atoms with van der Waals surface area (Å²) < 4.78 is 1.84. The molecule has 0 bridgehead atoms. The van der Waals surface area contributed by atoms with Gasteiger partial charge in [-0.05, 0) is 35.9 Å². The van der Waals surface area contributed by atoms with Gasteiger partial charge in [0.15, 0.2) is 0 Å². The fraction of sp³-hybridized carbons (Fsp3) is 0.273. The van der Waals surface area contributed by atoms with Crippen LogP contribution in [0, 0.1) is 0 Å². The molecule has 0 aliphatic carbocycles. The van der Waals surface area contributed by atoms with E-state index in [0.717, 1.165) is 22.6 Å². The Labute approximate surface area is 175 Å². The highest BCUT2D eigenvalue weighted by Gasteiger charge is 2.21. The van der Waals surface area contributed by atoms with E-state index in [9.17, 15) is 4.79 Å². The maximum Gasteiger partial charge on any atom is 0.224 e. The monoisotopic (exact) mass is 415 g/mol. The number of nitrogens with one attached hydrogen (secondary N) is 1. The summed E-state index contributed by atoms with van der Waals surface area (Å²) in [5, 5.41) is 8.96. The molecule has 28 heavy (non-hydrogen) atoms. The van der Waals surface area contributed by atoms with Gasteiger partial charge >= 0.3 is 0 Å². The summed E-state index contributed by atoms with van der Waals surface area (Å²) in [6, 6.07) is 16.9. The van der Waals surface area contributed by atoms with Gasteiger partial charge in [-0.15, -0.1) is 0 Å². The second kappa shape index (κ2) is 8.38. The Morgan fingerprint density at radius 1 is 1.07 bits per heavy atom. The van der Waals surface area contributed by atoms with Crippen molar-refractivity contribution in [1.29, 1.82) is 0 Å². The number of carbonyl (C=O) groups is 1. The van der Waals surface area contributed by atoms with Crippen LogP contribution in [0.4, 0.5) is 0 Å². The van der Waals surface area contributed by atoms with E-state index >= 15 is 0 Å². The van der Waals surface area contributed by atoms with Crippen LogP contribution in [0.3, 0.4) is 0 Å². The van der Waals surface area contributed by atoms with E-state index in [0.29, 0.717) is 16.6 Å². The summed E-state index contributed by atoms with van der Waals surface area (Å²) >= 11 is 12.3. The van der Waals surface area contributed by atoms with Gasteiger partial charge in [0.1, 0.15) is 0 Å². The molecule has 0 saturated heterocycles. The Bertz CT molecular complexity index is 989. The van der Waals surface area contributed by atoms with Crippen molar-refractivity contribution in [3.8, 4) is 5.69 Å². The average Bonchev–Trinajstić information content (AvgIpc) is 3.07. The summed E-state index contributed by atoms with van der Waals surface area (Å²) in [5.74, 6) is -0.0933. The summed E-state index contributed by atoms with van der Waals surface area (Å²) in [6.45, 7) is 6.69. The van der Waals surface area contributed by atoms with Gasteiger partial charge in [0.05, 0.1) is 30.0 Å². The van der Waals surface area contributed by atoms with Crippen LogP contribution in [0.15, 0.2) is 54.6 Å². The molecule has 6 heteroatoms. The normalized spacial score (nSPS) is 11.5. The van der Waals surface area contributed by atoms with Crippen LogP contribution >= 0.6 is 23.2 Å². The first-order valence-electron chi connectivity index (χ1n) is 9.09. The lowest BCUT2D eigenvalue weighted by Gasteiger charge is -2.14. The SMILES string of the molecule is CC(C)(C)c1cc(CNC(=O)Cc2ccccc2Cl)n(-c2cccc(Cl)c2)n1. The maximum absolute atomic E-state index is 12.4. The van der Waals surface area contributed by atoms with Crippen molar-refractivity contribution < 1.29 is 4.79 Å². The standard InChI is InChI=1S/C22H23Cl2N3O/c1-22(2,3)20-13-18(27(26-20)17-9-6-8-16(23)12-17)14-25-21(28)11-15-7-4-5-10-19(15)24/h4-10,12-13H,11,14H2,1-3H3,(H,25,28). The lowest BCUT2D eigenvalue weighted by molar-refractivity contribution is -0.120. The second-order valence-corrected chi connectivity index (χ2v) is 8.55. The topological polar surface area (TPSA) is 46.9 Å². The van der Waals surface area contributed by atoms with Crippen LogP contribution < -0.4 is 5.32 Å². The number of aromatic nitrogens is 2. The number of hydrogen-bond donors (Lipinski definition) is 1. The van der Waals surface area contributed by atoms with E-state index in [1.165, 1.54) is 0 Å². The second-order valence-electron chi connectivity index (χ2n) is 7.71. The van der Waals surface area contributed by atoms with Crippen molar-refractivity contribution in [3.63, 3.8) is 0 Å². The van der Waals surface area contributed by atoms with E-state index in [4.69, 9.17) is 28.3 Å². The smallest absolute Gasteiger partial charge is 0.224 e. The van der Waals surface area contributed by atoms with Crippen molar-refractivity contribution in [2.75, 3.05) is 0 Å². The van der Waals surface area contributed by atoms with E-state index in [-0.39, 0.29) is 17.7 Å². The number of hydrogen-bond acceptors (Lipinski definition) is 2. The van der Waals surface area contributed by atoms with Gasteiger partial charge in [-0.3, -0.25) is 4.79 Å². The Kier molecular flexibility index (Phi) is 6.11. The number of carbonyl (C=O) groups excluding carboxylic acids is 1. The van der Waals surface area contributed by atoms with Crippen LogP contribution in [0.25, 0.3) is 5.69 Å². The maximum atomic E-state index is 12.4. The molecule has 0 unspecified atom stereocenters. The highest BCUT2D eigenvalue weighted by Crippen LogP contribution is 2.25. The largest absolute Gasteiger partial charge is 0.350 e. The molecular formula is C22H23Cl2N3O. The lowest BCUT2D eigenvalue weighted by Crippen LogP contribution is -2.25. The quantitative estimate of drug-likeness (QED) is 0.611. The van der Waals surface area contributed by atoms with Crippen LogP contribution in [0.2, 0.25) is 10.0 Å². The predicted octanol–water partition coefficient (Wildman–Crippen LogP) is 5.34. The van der Waals surface area contributed by atoms with Crippen molar-refractivity contribution in [2.24, 2.45) is 0 Å². The van der Waals surface area contributed by atoms with Gasteiger partial charge in [-0.2, -0.15) is 5.10 Å². The first kappa shape index (κ1) is 20.4. The van der Waals surface area contributed by atoms with E-state index in [1.807, 2.05) is 53.2 Å². The predicted molar refractivity (Wildman–Crippen MR) is 114 cm³/mol. The first-order valence-corrected chi connectivity index (χ1v) is 9.85. The van der Waals surface area contributed by atoms with Crippen molar-refractivity contribution in [2.45, 2.75) is 39.2 Å². The first-order chi connectivity index (χ1) is 13.2. The van der Waals surface area contributed by atoms with Crippen molar-refractivity contribution in [3.05, 3.63) is 81.6 Å². The number of nitrogens with zero attached hydrogens (tertiary/aromatic N) is 2. The molecule has 1 aromatic heterocycles. The Morgan fingerprint density at radius 3 is 2.50 bits per heavy atom. The van der Waals surface area contributed by atoms with Crippen molar-refractivity contribution >= 4 is 29.1 Å². The molecule has 0 aliphatic heterocycles. The van der Waals surface area contributed by atoms with Gasteiger partial charge in [0.2, 0.25) is 5.91 Å². The minimum Gasteiger partial charge on any atom is -0.350 e. The molecule has 0 radical (unpaired) electrons. The van der Waals surface area contributed by atoms with Crippen molar-refractivity contribution in [1.82, 2.24) is 15.1 Å². The third-order valence-electron chi connectivity index (χ3n) is 4.38. The average molecular weight is 416 g/mol. The zero-order valence-electron chi connectivity index (χ0n) is 16.2. The highest BCUT2D eigenvalue weighted by atomic mass is 35.5. The van der Waals surface area contributed by atoms with Gasteiger partial charge in [0, 0.05) is 15.5 Å². The number of rotatable bonds is 5. The minimum atomic E-state index is -0.111. The molecule has 1 N–H and O–H groups in total. The molecule has 3 rings (SSSR count). The molecule has 146 valence electrons. The van der Waals surface area contributed by atoms with Crippen LogP contribution in [0.5, 0.6) is 0 Å². The Balaban J connectivity index is 1.81. The van der Waals surface area contributed by atoms with Gasteiger partial charge in [-0.25, -0.2) is 4.68 Å². The molecule has 0 saturated carbocycles. The van der Waals surface area contributed by atoms with E-state index < -0.39 is 0 Å². The Morgan fingerprint density at radius 2 is 1.82 bits per heavy atom. The fourth-order valence-electron chi connectivity index (χ4n) is 2.81. The highest BCUT2D eigenvalue weighted by molar-refractivity contribution is 6.31. The minimum absolute atomic E-state index is 0.0933. The molecular weight excluding hydrogens is 393 g/mol. The van der Waals surface area contributed by atoms with Crippen LogP contribution in [-0.4, -0.2) is 15.7 Å². The molecule has 2 aromatic carbocycles. The van der Waals surface area contributed by atoms with Gasteiger partial charge in [0.25, 0.3) is 0 Å². The van der Waals surface area contributed by atoms with E-state index in [2.05, 4.69) is 26.1 Å². The number of halogens is 2. The number of benzene rings is 2. The molecule has 0 spiro atoms. The van der Waals surface area contributed by atoms with E-state index in [1.54, 1.807) is 6.07 Å². The Hall–Kier alpha value is -2.30. The molecule has 4 nitrogen and oxygen atoms in total. The molecule has 0 atom stereocenters.